The van der Waals surface area contributed by atoms with E-state index in [1.165, 1.54) is 0 Å². The van der Waals surface area contributed by atoms with Gasteiger partial charge in [-0.3, -0.25) is 4.68 Å². The highest BCUT2D eigenvalue weighted by Crippen LogP contribution is 2.27. The summed E-state index contributed by atoms with van der Waals surface area (Å²) in [7, 11) is 1.84. The number of hydrogen-bond donors (Lipinski definition) is 1. The molecule has 5 heteroatoms. The summed E-state index contributed by atoms with van der Waals surface area (Å²) in [5.74, 6) is 0.466. The second-order valence-corrected chi connectivity index (χ2v) is 5.47. The quantitative estimate of drug-likeness (QED) is 0.916. The van der Waals surface area contributed by atoms with Crippen LogP contribution in [0, 0.1) is 12.8 Å². The molecule has 0 aromatic carbocycles. The van der Waals surface area contributed by atoms with Crippen LogP contribution in [-0.2, 0) is 18.4 Å². The molecule has 1 heterocycles. The third kappa shape index (κ3) is 3.05. The lowest BCUT2D eigenvalue weighted by Gasteiger charge is -2.27. The van der Waals surface area contributed by atoms with Crippen LogP contribution in [0.25, 0.3) is 0 Å². The predicted octanol–water partition coefficient (Wildman–Crippen LogP) is 2.45. The number of ether oxygens (including phenoxy) is 1. The van der Waals surface area contributed by atoms with Crippen molar-refractivity contribution < 1.29 is 9.84 Å². The molecule has 0 amide bonds. The first-order valence-electron chi connectivity index (χ1n) is 6.52. The fourth-order valence-corrected chi connectivity index (χ4v) is 2.75. The van der Waals surface area contributed by atoms with Crippen LogP contribution in [0.4, 0.5) is 0 Å². The summed E-state index contributed by atoms with van der Waals surface area (Å²) >= 11 is 6.16. The van der Waals surface area contributed by atoms with Gasteiger partial charge in [0, 0.05) is 19.2 Å². The van der Waals surface area contributed by atoms with Crippen molar-refractivity contribution in [1.29, 1.82) is 0 Å². The van der Waals surface area contributed by atoms with Crippen molar-refractivity contribution in [2.24, 2.45) is 13.0 Å². The molecule has 2 rings (SSSR count). The molecule has 1 N–H and O–H groups in total. The van der Waals surface area contributed by atoms with E-state index in [0.29, 0.717) is 30.4 Å². The zero-order valence-corrected chi connectivity index (χ0v) is 11.8. The molecular formula is C13H21ClN2O2. The first-order chi connectivity index (χ1) is 8.61. The van der Waals surface area contributed by atoms with Crippen molar-refractivity contribution >= 4 is 11.6 Å². The Balaban J connectivity index is 1.85. The Kier molecular flexibility index (Phi) is 4.65. The van der Waals surface area contributed by atoms with Gasteiger partial charge in [0.25, 0.3) is 0 Å². The van der Waals surface area contributed by atoms with Crippen molar-refractivity contribution in [3.63, 3.8) is 0 Å². The first-order valence-corrected chi connectivity index (χ1v) is 6.90. The van der Waals surface area contributed by atoms with E-state index in [-0.39, 0.29) is 0 Å². The number of aryl methyl sites for hydroxylation is 2. The van der Waals surface area contributed by atoms with Gasteiger partial charge in [-0.1, -0.05) is 11.6 Å². The minimum atomic E-state index is 0.295. The molecule has 1 saturated carbocycles. The van der Waals surface area contributed by atoms with Gasteiger partial charge >= 0.3 is 0 Å². The van der Waals surface area contributed by atoms with Gasteiger partial charge in [0.1, 0.15) is 5.15 Å². The Morgan fingerprint density at radius 1 is 1.39 bits per heavy atom. The Morgan fingerprint density at radius 2 is 2.06 bits per heavy atom. The number of aromatic nitrogens is 2. The Bertz CT molecular complexity index is 398. The fourth-order valence-electron chi connectivity index (χ4n) is 2.52. The number of nitrogens with zero attached hydrogens (tertiary/aromatic N) is 2. The molecule has 0 saturated heterocycles. The van der Waals surface area contributed by atoms with Gasteiger partial charge < -0.3 is 9.84 Å². The molecule has 0 spiro atoms. The molecule has 0 unspecified atom stereocenters. The van der Waals surface area contributed by atoms with Crippen molar-refractivity contribution in [3.8, 4) is 0 Å². The highest BCUT2D eigenvalue weighted by atomic mass is 35.5. The van der Waals surface area contributed by atoms with Gasteiger partial charge in [0.2, 0.25) is 0 Å². The topological polar surface area (TPSA) is 47.3 Å². The highest BCUT2D eigenvalue weighted by Gasteiger charge is 2.22. The van der Waals surface area contributed by atoms with Crippen LogP contribution >= 0.6 is 11.6 Å². The molecule has 18 heavy (non-hydrogen) atoms. The third-order valence-corrected chi connectivity index (χ3v) is 4.26. The minimum Gasteiger partial charge on any atom is -0.396 e. The van der Waals surface area contributed by atoms with E-state index >= 15 is 0 Å². The van der Waals surface area contributed by atoms with Gasteiger partial charge in [-0.15, -0.1) is 0 Å². The summed E-state index contributed by atoms with van der Waals surface area (Å²) in [4.78, 5) is 0. The predicted molar refractivity (Wildman–Crippen MR) is 70.6 cm³/mol. The molecule has 102 valence electrons. The van der Waals surface area contributed by atoms with Crippen molar-refractivity contribution in [1.82, 2.24) is 9.78 Å². The van der Waals surface area contributed by atoms with Crippen LogP contribution in [0.3, 0.4) is 0 Å². The zero-order valence-electron chi connectivity index (χ0n) is 11.0. The molecule has 1 aromatic rings. The van der Waals surface area contributed by atoms with E-state index in [1.54, 1.807) is 4.68 Å². The van der Waals surface area contributed by atoms with E-state index < -0.39 is 0 Å². The molecule has 0 aliphatic heterocycles. The zero-order chi connectivity index (χ0) is 13.1. The highest BCUT2D eigenvalue weighted by molar-refractivity contribution is 6.30. The number of aliphatic hydroxyl groups excluding tert-OH is 1. The first kappa shape index (κ1) is 13.8. The van der Waals surface area contributed by atoms with Crippen LogP contribution in [-0.4, -0.2) is 27.6 Å². The summed E-state index contributed by atoms with van der Waals surface area (Å²) in [5, 5.41) is 14.0. The van der Waals surface area contributed by atoms with Gasteiger partial charge in [0.05, 0.1) is 18.4 Å². The van der Waals surface area contributed by atoms with Crippen molar-refractivity contribution in [2.45, 2.75) is 45.3 Å². The Hall–Kier alpha value is -0.580. The average Bonchev–Trinajstić information content (AvgIpc) is 2.62. The standard InChI is InChI=1S/C13H21ClN2O2/c1-9-12(13(14)16(2)15-9)8-18-11-5-3-10(7-17)4-6-11/h10-11,17H,3-8H2,1-2H3. The molecular weight excluding hydrogens is 252 g/mol. The minimum absolute atomic E-state index is 0.295. The maximum Gasteiger partial charge on any atom is 0.132 e. The number of rotatable bonds is 4. The van der Waals surface area contributed by atoms with Gasteiger partial charge in [0.15, 0.2) is 0 Å². The molecule has 1 aliphatic carbocycles. The maximum atomic E-state index is 9.09. The maximum absolute atomic E-state index is 9.09. The van der Waals surface area contributed by atoms with Gasteiger partial charge in [-0.25, -0.2) is 0 Å². The molecule has 1 aliphatic rings. The molecule has 4 nitrogen and oxygen atoms in total. The van der Waals surface area contributed by atoms with Crippen molar-refractivity contribution in [2.75, 3.05) is 6.61 Å². The Morgan fingerprint density at radius 3 is 2.56 bits per heavy atom. The van der Waals surface area contributed by atoms with E-state index in [0.717, 1.165) is 36.9 Å². The molecule has 1 fully saturated rings. The summed E-state index contributed by atoms with van der Waals surface area (Å²) < 4.78 is 7.60. The van der Waals surface area contributed by atoms with Crippen LogP contribution in [0.1, 0.15) is 36.9 Å². The van der Waals surface area contributed by atoms with Crippen LogP contribution in [0.5, 0.6) is 0 Å². The molecule has 0 radical (unpaired) electrons. The second kappa shape index (κ2) is 6.04. The number of hydrogen-bond acceptors (Lipinski definition) is 3. The average molecular weight is 273 g/mol. The van der Waals surface area contributed by atoms with E-state index in [2.05, 4.69) is 5.10 Å². The normalized spacial score (nSPS) is 24.4. The molecule has 0 atom stereocenters. The lowest BCUT2D eigenvalue weighted by Crippen LogP contribution is -2.23. The smallest absolute Gasteiger partial charge is 0.132 e. The fraction of sp³-hybridized carbons (Fsp3) is 0.769. The van der Waals surface area contributed by atoms with Gasteiger partial charge in [-0.2, -0.15) is 5.10 Å². The van der Waals surface area contributed by atoms with Crippen LogP contribution in [0.2, 0.25) is 5.15 Å². The molecule has 1 aromatic heterocycles. The van der Waals surface area contributed by atoms with E-state index in [9.17, 15) is 0 Å². The number of aliphatic hydroxyl groups is 1. The molecule has 0 bridgehead atoms. The Labute approximate surface area is 113 Å². The lowest BCUT2D eigenvalue weighted by atomic mass is 9.88. The van der Waals surface area contributed by atoms with Crippen molar-refractivity contribution in [3.05, 3.63) is 16.4 Å². The summed E-state index contributed by atoms with van der Waals surface area (Å²) in [6.07, 6.45) is 4.47. The summed E-state index contributed by atoms with van der Waals surface area (Å²) in [5.41, 5.74) is 1.93. The van der Waals surface area contributed by atoms with E-state index in [1.807, 2.05) is 14.0 Å². The third-order valence-electron chi connectivity index (χ3n) is 3.79. The van der Waals surface area contributed by atoms with Crippen LogP contribution < -0.4 is 0 Å². The second-order valence-electron chi connectivity index (χ2n) is 5.11. The largest absolute Gasteiger partial charge is 0.396 e. The SMILES string of the molecule is Cc1nn(C)c(Cl)c1COC1CCC(CO)CC1. The monoisotopic (exact) mass is 272 g/mol. The summed E-state index contributed by atoms with van der Waals surface area (Å²) in [6, 6.07) is 0. The lowest BCUT2D eigenvalue weighted by molar-refractivity contribution is 0.00104. The van der Waals surface area contributed by atoms with Gasteiger partial charge in [-0.05, 0) is 38.5 Å². The van der Waals surface area contributed by atoms with Crippen LogP contribution in [0.15, 0.2) is 0 Å². The summed E-state index contributed by atoms with van der Waals surface area (Å²) in [6.45, 7) is 2.79. The van der Waals surface area contributed by atoms with E-state index in [4.69, 9.17) is 21.4 Å². The number of halogens is 1.